The molecule has 0 bridgehead atoms. The molecule has 0 amide bonds. The molecule has 0 saturated carbocycles. The van der Waals surface area contributed by atoms with Gasteiger partial charge in [-0.2, -0.15) is 4.98 Å². The summed E-state index contributed by atoms with van der Waals surface area (Å²) in [6, 6.07) is 0.729. The van der Waals surface area contributed by atoms with E-state index in [4.69, 9.17) is 4.42 Å². The molecule has 0 fully saturated rings. The third kappa shape index (κ3) is 5.54. The van der Waals surface area contributed by atoms with Crippen molar-refractivity contribution in [2.24, 2.45) is 5.92 Å². The molecule has 4 nitrogen and oxygen atoms in total. The Morgan fingerprint density at radius 1 is 1.39 bits per heavy atom. The van der Waals surface area contributed by atoms with Crippen molar-refractivity contribution in [1.82, 2.24) is 10.3 Å². The summed E-state index contributed by atoms with van der Waals surface area (Å²) < 4.78 is 5.49. The van der Waals surface area contributed by atoms with Crippen LogP contribution in [0.3, 0.4) is 0 Å². The van der Waals surface area contributed by atoms with Crippen LogP contribution in [-0.4, -0.2) is 25.1 Å². The minimum absolute atomic E-state index is 0.660. The van der Waals surface area contributed by atoms with Crippen molar-refractivity contribution in [3.05, 3.63) is 12.0 Å². The maximum Gasteiger partial charge on any atom is 0.297 e. The van der Waals surface area contributed by atoms with Crippen LogP contribution in [0, 0.1) is 5.92 Å². The van der Waals surface area contributed by atoms with Crippen LogP contribution >= 0.6 is 0 Å². The van der Waals surface area contributed by atoms with Crippen molar-refractivity contribution in [3.8, 4) is 0 Å². The van der Waals surface area contributed by atoms with Crippen molar-refractivity contribution in [2.45, 2.75) is 46.6 Å². The molecule has 18 heavy (non-hydrogen) atoms. The molecule has 1 aromatic heterocycles. The van der Waals surface area contributed by atoms with Crippen LogP contribution in [0.5, 0.6) is 0 Å². The Labute approximate surface area is 111 Å². The van der Waals surface area contributed by atoms with Gasteiger partial charge in [-0.05, 0) is 18.9 Å². The molecule has 1 rings (SSSR count). The molecule has 4 heteroatoms. The zero-order valence-corrected chi connectivity index (χ0v) is 12.2. The van der Waals surface area contributed by atoms with Gasteiger partial charge in [0, 0.05) is 20.1 Å². The average Bonchev–Trinajstić information content (AvgIpc) is 2.77. The third-order valence-electron chi connectivity index (χ3n) is 2.82. The van der Waals surface area contributed by atoms with E-state index in [1.165, 1.54) is 19.3 Å². The number of hydrogen-bond acceptors (Lipinski definition) is 4. The number of hydrogen-bond donors (Lipinski definition) is 1. The largest absolute Gasteiger partial charge is 0.432 e. The van der Waals surface area contributed by atoms with Gasteiger partial charge in [-0.1, -0.05) is 33.6 Å². The Kier molecular flexibility index (Phi) is 6.80. The highest BCUT2D eigenvalue weighted by atomic mass is 16.4. The minimum Gasteiger partial charge on any atom is -0.432 e. The Balaban J connectivity index is 2.32. The maximum atomic E-state index is 5.49. The van der Waals surface area contributed by atoms with Gasteiger partial charge in [0.1, 0.15) is 6.26 Å². The molecule has 104 valence electrons. The maximum absolute atomic E-state index is 5.49. The van der Waals surface area contributed by atoms with Gasteiger partial charge in [0.05, 0.1) is 5.69 Å². The Bertz CT molecular complexity index is 323. The smallest absolute Gasteiger partial charge is 0.297 e. The van der Waals surface area contributed by atoms with Crippen LogP contribution in [0.15, 0.2) is 10.7 Å². The fourth-order valence-corrected chi connectivity index (χ4v) is 1.74. The van der Waals surface area contributed by atoms with E-state index in [-0.39, 0.29) is 0 Å². The molecular weight excluding hydrogens is 226 g/mol. The summed E-state index contributed by atoms with van der Waals surface area (Å²) in [5.41, 5.74) is 0.980. The van der Waals surface area contributed by atoms with E-state index in [0.29, 0.717) is 5.92 Å². The molecule has 0 saturated heterocycles. The SMILES string of the molecule is CCCCCN(C)c1nc(CNCC(C)C)co1. The number of rotatable bonds is 9. The molecule has 0 spiro atoms. The van der Waals surface area contributed by atoms with Crippen LogP contribution in [0.1, 0.15) is 45.7 Å². The molecule has 0 aliphatic heterocycles. The molecule has 0 unspecified atom stereocenters. The highest BCUT2D eigenvalue weighted by molar-refractivity contribution is 5.24. The summed E-state index contributed by atoms with van der Waals surface area (Å²) in [5.74, 6) is 0.660. The van der Waals surface area contributed by atoms with E-state index < -0.39 is 0 Å². The van der Waals surface area contributed by atoms with Crippen LogP contribution < -0.4 is 10.2 Å². The summed E-state index contributed by atoms with van der Waals surface area (Å²) in [6.07, 6.45) is 5.44. The fraction of sp³-hybridized carbons (Fsp3) is 0.786. The Hall–Kier alpha value is -1.03. The summed E-state index contributed by atoms with van der Waals surface area (Å²) in [7, 11) is 2.03. The normalized spacial score (nSPS) is 11.2. The first-order valence-electron chi connectivity index (χ1n) is 6.99. The Morgan fingerprint density at radius 3 is 2.83 bits per heavy atom. The number of anilines is 1. The van der Waals surface area contributed by atoms with Gasteiger partial charge in [0.2, 0.25) is 0 Å². The first kappa shape index (κ1) is 15.0. The van der Waals surface area contributed by atoms with Crippen LogP contribution in [0.4, 0.5) is 6.01 Å². The lowest BCUT2D eigenvalue weighted by atomic mass is 10.2. The monoisotopic (exact) mass is 253 g/mol. The summed E-state index contributed by atoms with van der Waals surface area (Å²) >= 11 is 0. The number of nitrogens with zero attached hydrogens (tertiary/aromatic N) is 2. The standard InChI is InChI=1S/C14H27N3O/c1-5-6-7-8-17(4)14-16-13(11-18-14)10-15-9-12(2)3/h11-12,15H,5-10H2,1-4H3. The summed E-state index contributed by atoms with van der Waals surface area (Å²) in [6.45, 7) is 9.40. The molecule has 1 aromatic rings. The average molecular weight is 253 g/mol. The minimum atomic E-state index is 0.660. The van der Waals surface area contributed by atoms with Gasteiger partial charge >= 0.3 is 0 Å². The van der Waals surface area contributed by atoms with Gasteiger partial charge in [-0.3, -0.25) is 0 Å². The fourth-order valence-electron chi connectivity index (χ4n) is 1.74. The third-order valence-corrected chi connectivity index (χ3v) is 2.82. The van der Waals surface area contributed by atoms with Crippen LogP contribution in [-0.2, 0) is 6.54 Å². The van der Waals surface area contributed by atoms with Gasteiger partial charge in [-0.25, -0.2) is 0 Å². The number of oxazole rings is 1. The lowest BCUT2D eigenvalue weighted by Crippen LogP contribution is -2.20. The van der Waals surface area contributed by atoms with Gasteiger partial charge in [-0.15, -0.1) is 0 Å². The topological polar surface area (TPSA) is 41.3 Å². The molecule has 0 aliphatic rings. The van der Waals surface area contributed by atoms with Crippen molar-refractivity contribution < 1.29 is 4.42 Å². The predicted molar refractivity (Wildman–Crippen MR) is 75.8 cm³/mol. The molecule has 0 atom stereocenters. The first-order valence-corrected chi connectivity index (χ1v) is 6.99. The first-order chi connectivity index (χ1) is 8.63. The molecule has 0 radical (unpaired) electrons. The van der Waals surface area contributed by atoms with Crippen molar-refractivity contribution in [1.29, 1.82) is 0 Å². The van der Waals surface area contributed by atoms with E-state index >= 15 is 0 Å². The second kappa shape index (κ2) is 8.14. The summed E-state index contributed by atoms with van der Waals surface area (Å²) in [4.78, 5) is 6.57. The second-order valence-electron chi connectivity index (χ2n) is 5.27. The highest BCUT2D eigenvalue weighted by Crippen LogP contribution is 2.12. The predicted octanol–water partition coefficient (Wildman–Crippen LogP) is 3.05. The Morgan fingerprint density at radius 2 is 2.17 bits per heavy atom. The van der Waals surface area contributed by atoms with E-state index in [0.717, 1.165) is 31.3 Å². The molecule has 1 heterocycles. The molecule has 0 aliphatic carbocycles. The van der Waals surface area contributed by atoms with E-state index in [1.807, 2.05) is 7.05 Å². The lowest BCUT2D eigenvalue weighted by Gasteiger charge is -2.13. The zero-order chi connectivity index (χ0) is 13.4. The van der Waals surface area contributed by atoms with E-state index in [9.17, 15) is 0 Å². The van der Waals surface area contributed by atoms with Gasteiger partial charge < -0.3 is 14.6 Å². The van der Waals surface area contributed by atoms with E-state index in [1.54, 1.807) is 6.26 Å². The van der Waals surface area contributed by atoms with Crippen molar-refractivity contribution in [2.75, 3.05) is 25.0 Å². The van der Waals surface area contributed by atoms with Crippen LogP contribution in [0.2, 0.25) is 0 Å². The molecule has 0 aromatic carbocycles. The van der Waals surface area contributed by atoms with Gasteiger partial charge in [0.15, 0.2) is 0 Å². The lowest BCUT2D eigenvalue weighted by molar-refractivity contribution is 0.532. The quantitative estimate of drug-likeness (QED) is 0.687. The second-order valence-corrected chi connectivity index (χ2v) is 5.27. The zero-order valence-electron chi connectivity index (χ0n) is 12.2. The number of unbranched alkanes of at least 4 members (excludes halogenated alkanes) is 2. The summed E-state index contributed by atoms with van der Waals surface area (Å²) in [5, 5.41) is 3.36. The number of nitrogens with one attached hydrogen (secondary N) is 1. The van der Waals surface area contributed by atoms with Gasteiger partial charge in [0.25, 0.3) is 6.01 Å². The van der Waals surface area contributed by atoms with Crippen LogP contribution in [0.25, 0.3) is 0 Å². The molecular formula is C14H27N3O. The van der Waals surface area contributed by atoms with E-state index in [2.05, 4.69) is 36.0 Å². The molecule has 1 N–H and O–H groups in total. The van der Waals surface area contributed by atoms with Crippen molar-refractivity contribution >= 4 is 6.01 Å². The van der Waals surface area contributed by atoms with Crippen molar-refractivity contribution in [3.63, 3.8) is 0 Å². The highest BCUT2D eigenvalue weighted by Gasteiger charge is 2.08. The number of aromatic nitrogens is 1.